The number of unbranched alkanes of at least 4 members (excludes halogenated alkanes) is 5. The second-order valence-corrected chi connectivity index (χ2v) is 7.08. The molecule has 0 N–H and O–H groups in total. The van der Waals surface area contributed by atoms with Gasteiger partial charge in [0, 0.05) is 11.3 Å². The standard InChI is InChI=1S/C23H35NO3/c1-6-7-8-9-10-11-14-19(4)24-21-16-13-12-15-20(21)23(18(2)3)27-17-22(25)26-5/h12-13,15-16H,6-11,14,17H2,1-5H3/b24-19+. The molecular formula is C23H35NO3. The van der Waals surface area contributed by atoms with Crippen LogP contribution in [0.2, 0.25) is 0 Å². The van der Waals surface area contributed by atoms with Crippen molar-refractivity contribution in [2.75, 3.05) is 13.7 Å². The summed E-state index contributed by atoms with van der Waals surface area (Å²) < 4.78 is 10.4. The number of hydrogen-bond donors (Lipinski definition) is 0. The van der Waals surface area contributed by atoms with Gasteiger partial charge in [0.2, 0.25) is 0 Å². The number of aliphatic imine (C=N–C) groups is 1. The van der Waals surface area contributed by atoms with Gasteiger partial charge < -0.3 is 9.47 Å². The predicted octanol–water partition coefficient (Wildman–Crippen LogP) is 6.47. The first-order valence-corrected chi connectivity index (χ1v) is 10.00. The van der Waals surface area contributed by atoms with Crippen LogP contribution in [0.1, 0.15) is 78.2 Å². The molecule has 0 aliphatic carbocycles. The van der Waals surface area contributed by atoms with Crippen LogP contribution in [0.3, 0.4) is 0 Å². The Kier molecular flexibility index (Phi) is 11.2. The van der Waals surface area contributed by atoms with Crippen molar-refractivity contribution in [2.24, 2.45) is 4.99 Å². The average Bonchev–Trinajstić information content (AvgIpc) is 2.65. The van der Waals surface area contributed by atoms with E-state index in [4.69, 9.17) is 9.73 Å². The van der Waals surface area contributed by atoms with Crippen LogP contribution in [-0.2, 0) is 14.3 Å². The Labute approximate surface area is 164 Å². The van der Waals surface area contributed by atoms with Crippen molar-refractivity contribution < 1.29 is 14.3 Å². The van der Waals surface area contributed by atoms with Crippen LogP contribution in [0.15, 0.2) is 34.8 Å². The quantitative estimate of drug-likeness (QED) is 0.182. The molecule has 1 aromatic rings. The van der Waals surface area contributed by atoms with Gasteiger partial charge in [0.15, 0.2) is 6.61 Å². The molecule has 0 atom stereocenters. The number of carbonyl (C=O) groups is 1. The van der Waals surface area contributed by atoms with E-state index in [2.05, 4.69) is 18.6 Å². The lowest BCUT2D eigenvalue weighted by Crippen LogP contribution is -2.10. The number of hydrogen-bond acceptors (Lipinski definition) is 4. The van der Waals surface area contributed by atoms with E-state index in [-0.39, 0.29) is 6.61 Å². The molecule has 0 spiro atoms. The van der Waals surface area contributed by atoms with Crippen LogP contribution in [0, 0.1) is 0 Å². The van der Waals surface area contributed by atoms with Crippen molar-refractivity contribution in [2.45, 2.75) is 72.6 Å². The second-order valence-electron chi connectivity index (χ2n) is 7.08. The molecule has 0 aromatic heterocycles. The molecule has 0 saturated heterocycles. The second kappa shape index (κ2) is 13.1. The molecule has 0 aliphatic heterocycles. The Morgan fingerprint density at radius 3 is 2.33 bits per heavy atom. The largest absolute Gasteiger partial charge is 0.481 e. The van der Waals surface area contributed by atoms with Gasteiger partial charge in [-0.15, -0.1) is 0 Å². The topological polar surface area (TPSA) is 47.9 Å². The number of carbonyl (C=O) groups excluding carboxylic acids is 1. The zero-order chi connectivity index (χ0) is 20.1. The fraction of sp³-hybridized carbons (Fsp3) is 0.565. The molecule has 4 heteroatoms. The number of nitrogens with zero attached hydrogens (tertiary/aromatic N) is 1. The Hall–Kier alpha value is -2.10. The lowest BCUT2D eigenvalue weighted by Gasteiger charge is -2.14. The van der Waals surface area contributed by atoms with E-state index in [1.54, 1.807) is 0 Å². The van der Waals surface area contributed by atoms with Crippen molar-refractivity contribution in [1.29, 1.82) is 0 Å². The van der Waals surface area contributed by atoms with Gasteiger partial charge in [-0.25, -0.2) is 4.79 Å². The summed E-state index contributed by atoms with van der Waals surface area (Å²) in [6.07, 6.45) is 8.69. The maximum Gasteiger partial charge on any atom is 0.343 e. The van der Waals surface area contributed by atoms with Gasteiger partial charge in [-0.05, 0) is 51.3 Å². The Morgan fingerprint density at radius 1 is 1.00 bits per heavy atom. The van der Waals surface area contributed by atoms with Crippen LogP contribution < -0.4 is 0 Å². The lowest BCUT2D eigenvalue weighted by atomic mass is 10.1. The molecule has 0 heterocycles. The number of para-hydroxylation sites is 1. The SMILES string of the molecule is CCCCCCCC/C(C)=N/c1ccccc1C(OCC(=O)OC)=C(C)C. The number of ether oxygens (including phenoxy) is 2. The van der Waals surface area contributed by atoms with Crippen LogP contribution in [0.25, 0.3) is 5.76 Å². The van der Waals surface area contributed by atoms with Crippen LogP contribution >= 0.6 is 0 Å². The van der Waals surface area contributed by atoms with E-state index >= 15 is 0 Å². The molecule has 0 unspecified atom stereocenters. The smallest absolute Gasteiger partial charge is 0.343 e. The summed E-state index contributed by atoms with van der Waals surface area (Å²) in [7, 11) is 1.36. The van der Waals surface area contributed by atoms with E-state index in [1.807, 2.05) is 38.1 Å². The van der Waals surface area contributed by atoms with Gasteiger partial charge in [0.1, 0.15) is 5.76 Å². The Bertz CT molecular complexity index is 643. The summed E-state index contributed by atoms with van der Waals surface area (Å²) in [5, 5.41) is 0. The summed E-state index contributed by atoms with van der Waals surface area (Å²) in [6.45, 7) is 8.16. The predicted molar refractivity (Wildman–Crippen MR) is 113 cm³/mol. The molecular weight excluding hydrogens is 338 g/mol. The summed E-state index contributed by atoms with van der Waals surface area (Å²) in [5.74, 6) is 0.293. The summed E-state index contributed by atoms with van der Waals surface area (Å²) in [5.41, 5.74) is 3.90. The lowest BCUT2D eigenvalue weighted by molar-refractivity contribution is -0.143. The highest BCUT2D eigenvalue weighted by Gasteiger charge is 2.12. The number of allylic oxidation sites excluding steroid dienone is 1. The zero-order valence-corrected chi connectivity index (χ0v) is 17.6. The first-order valence-electron chi connectivity index (χ1n) is 10.00. The van der Waals surface area contributed by atoms with E-state index < -0.39 is 5.97 Å². The highest BCUT2D eigenvalue weighted by atomic mass is 16.6. The molecule has 4 nitrogen and oxygen atoms in total. The molecule has 1 aromatic carbocycles. The highest BCUT2D eigenvalue weighted by Crippen LogP contribution is 2.30. The number of benzene rings is 1. The van der Waals surface area contributed by atoms with Crippen LogP contribution in [0.5, 0.6) is 0 Å². The van der Waals surface area contributed by atoms with Crippen molar-refractivity contribution in [3.05, 3.63) is 35.4 Å². The average molecular weight is 374 g/mol. The Balaban J connectivity index is 2.81. The molecule has 0 saturated carbocycles. The van der Waals surface area contributed by atoms with E-state index in [0.717, 1.165) is 29.0 Å². The molecule has 150 valence electrons. The highest BCUT2D eigenvalue weighted by molar-refractivity contribution is 5.87. The monoisotopic (exact) mass is 373 g/mol. The molecule has 0 amide bonds. The number of esters is 1. The maximum absolute atomic E-state index is 11.4. The molecule has 0 aliphatic rings. The molecule has 0 bridgehead atoms. The van der Waals surface area contributed by atoms with Crippen LogP contribution in [-0.4, -0.2) is 25.4 Å². The zero-order valence-electron chi connectivity index (χ0n) is 17.6. The Morgan fingerprint density at radius 2 is 1.67 bits per heavy atom. The minimum absolute atomic E-state index is 0.105. The minimum atomic E-state index is -0.394. The third-order valence-corrected chi connectivity index (χ3v) is 4.37. The van der Waals surface area contributed by atoms with Crippen molar-refractivity contribution in [3.8, 4) is 0 Å². The number of rotatable bonds is 12. The van der Waals surface area contributed by atoms with Crippen LogP contribution in [0.4, 0.5) is 5.69 Å². The molecule has 0 fully saturated rings. The number of methoxy groups -OCH3 is 1. The van der Waals surface area contributed by atoms with E-state index in [1.165, 1.54) is 45.6 Å². The normalized spacial score (nSPS) is 11.2. The van der Waals surface area contributed by atoms with Crippen molar-refractivity contribution >= 4 is 23.1 Å². The fourth-order valence-corrected chi connectivity index (χ4v) is 2.87. The third-order valence-electron chi connectivity index (χ3n) is 4.37. The van der Waals surface area contributed by atoms with Crippen molar-refractivity contribution in [3.63, 3.8) is 0 Å². The molecule has 1 rings (SSSR count). The first kappa shape index (κ1) is 22.9. The van der Waals surface area contributed by atoms with Gasteiger partial charge in [-0.2, -0.15) is 0 Å². The fourth-order valence-electron chi connectivity index (χ4n) is 2.87. The van der Waals surface area contributed by atoms with Gasteiger partial charge in [-0.3, -0.25) is 4.99 Å². The minimum Gasteiger partial charge on any atom is -0.481 e. The van der Waals surface area contributed by atoms with E-state index in [9.17, 15) is 4.79 Å². The van der Waals surface area contributed by atoms with Gasteiger partial charge >= 0.3 is 5.97 Å². The first-order chi connectivity index (χ1) is 13.0. The van der Waals surface area contributed by atoms with E-state index in [0.29, 0.717) is 5.76 Å². The molecule has 0 radical (unpaired) electrons. The summed E-state index contributed by atoms with van der Waals surface area (Å²) >= 11 is 0. The summed E-state index contributed by atoms with van der Waals surface area (Å²) in [4.78, 5) is 16.3. The van der Waals surface area contributed by atoms with Gasteiger partial charge in [-0.1, -0.05) is 51.2 Å². The van der Waals surface area contributed by atoms with Gasteiger partial charge in [0.25, 0.3) is 0 Å². The maximum atomic E-state index is 11.4. The van der Waals surface area contributed by atoms with Gasteiger partial charge in [0.05, 0.1) is 12.8 Å². The van der Waals surface area contributed by atoms with Crippen molar-refractivity contribution in [1.82, 2.24) is 0 Å². The third kappa shape index (κ3) is 8.89. The molecule has 27 heavy (non-hydrogen) atoms. The summed E-state index contributed by atoms with van der Waals surface area (Å²) in [6, 6.07) is 7.91.